The van der Waals surface area contributed by atoms with Gasteiger partial charge < -0.3 is 25.0 Å². The molecule has 1 fully saturated rings. The van der Waals surface area contributed by atoms with Crippen LogP contribution in [0.5, 0.6) is 11.5 Å². The molecule has 0 unspecified atom stereocenters. The van der Waals surface area contributed by atoms with E-state index in [0.717, 1.165) is 31.8 Å². The first-order valence-electron chi connectivity index (χ1n) is 10.3. The Balaban J connectivity index is 0.00000450. The van der Waals surface area contributed by atoms with E-state index in [4.69, 9.17) is 4.74 Å². The normalized spacial score (nSPS) is 15.6. The Morgan fingerprint density at radius 2 is 1.97 bits per heavy atom. The fourth-order valence-electron chi connectivity index (χ4n) is 3.38. The standard InChI is InChI=1S/C21H34F2N4O2.HI/c1-16-8-12-27(13-9-16)11-5-4-10-25-21(24-2)26-15-17-14-18(28-3)6-7-19(17)29-20(22)23;/h6-7,14,16,20H,4-5,8-13,15H2,1-3H3,(H2,24,25,26);1H. The summed E-state index contributed by atoms with van der Waals surface area (Å²) >= 11 is 0. The average molecular weight is 540 g/mol. The molecule has 0 radical (unpaired) electrons. The van der Waals surface area contributed by atoms with Crippen molar-refractivity contribution in [3.05, 3.63) is 23.8 Å². The van der Waals surface area contributed by atoms with Crippen LogP contribution in [-0.4, -0.2) is 57.8 Å². The van der Waals surface area contributed by atoms with Crippen molar-refractivity contribution in [2.24, 2.45) is 10.9 Å². The van der Waals surface area contributed by atoms with Crippen LogP contribution < -0.4 is 20.1 Å². The molecule has 1 aliphatic heterocycles. The Kier molecular flexibility index (Phi) is 13.0. The van der Waals surface area contributed by atoms with Crippen LogP contribution in [0, 0.1) is 5.92 Å². The van der Waals surface area contributed by atoms with E-state index in [0.29, 0.717) is 23.8 Å². The lowest BCUT2D eigenvalue weighted by molar-refractivity contribution is -0.0504. The monoisotopic (exact) mass is 540 g/mol. The van der Waals surface area contributed by atoms with Crippen LogP contribution in [0.1, 0.15) is 38.2 Å². The zero-order chi connectivity index (χ0) is 21.1. The number of likely N-dealkylation sites (tertiary alicyclic amines) is 1. The molecule has 1 aliphatic rings. The van der Waals surface area contributed by atoms with Crippen LogP contribution in [0.3, 0.4) is 0 Å². The molecular formula is C21H35F2IN4O2. The molecule has 0 saturated carbocycles. The first-order valence-corrected chi connectivity index (χ1v) is 10.3. The minimum absolute atomic E-state index is 0. The summed E-state index contributed by atoms with van der Waals surface area (Å²) in [4.78, 5) is 6.74. The van der Waals surface area contributed by atoms with E-state index in [2.05, 4.69) is 32.2 Å². The molecule has 1 saturated heterocycles. The Bertz CT molecular complexity index is 641. The number of hydrogen-bond donors (Lipinski definition) is 2. The SMILES string of the molecule is CN=C(NCCCCN1CCC(C)CC1)NCc1cc(OC)ccc1OC(F)F.I. The zero-order valence-electron chi connectivity index (χ0n) is 18.1. The molecule has 0 aliphatic carbocycles. The van der Waals surface area contributed by atoms with Gasteiger partial charge in [-0.1, -0.05) is 6.92 Å². The Hall–Kier alpha value is -1.36. The highest BCUT2D eigenvalue weighted by Gasteiger charge is 2.15. The summed E-state index contributed by atoms with van der Waals surface area (Å²) in [6.45, 7) is 4.12. The topological polar surface area (TPSA) is 58.1 Å². The molecule has 1 aromatic carbocycles. The number of methoxy groups -OCH3 is 1. The minimum Gasteiger partial charge on any atom is -0.497 e. The second-order valence-electron chi connectivity index (χ2n) is 7.44. The number of nitrogens with zero attached hydrogens (tertiary/aromatic N) is 2. The van der Waals surface area contributed by atoms with E-state index in [1.54, 1.807) is 19.2 Å². The number of hydrogen-bond acceptors (Lipinski definition) is 4. The number of guanidine groups is 1. The van der Waals surface area contributed by atoms with Gasteiger partial charge in [0.2, 0.25) is 0 Å². The second kappa shape index (κ2) is 14.6. The van der Waals surface area contributed by atoms with Gasteiger partial charge in [-0.15, -0.1) is 24.0 Å². The van der Waals surface area contributed by atoms with Gasteiger partial charge in [0.15, 0.2) is 5.96 Å². The molecule has 0 atom stereocenters. The van der Waals surface area contributed by atoms with E-state index in [9.17, 15) is 8.78 Å². The first kappa shape index (κ1) is 26.7. The van der Waals surface area contributed by atoms with Crippen LogP contribution in [0.25, 0.3) is 0 Å². The highest BCUT2D eigenvalue weighted by molar-refractivity contribution is 14.0. The Morgan fingerprint density at radius 1 is 1.23 bits per heavy atom. The molecule has 9 heteroatoms. The minimum atomic E-state index is -2.87. The summed E-state index contributed by atoms with van der Waals surface area (Å²) in [5, 5.41) is 6.42. The molecule has 172 valence electrons. The summed E-state index contributed by atoms with van der Waals surface area (Å²) in [5.74, 6) is 2.19. The van der Waals surface area contributed by atoms with Crippen LogP contribution >= 0.6 is 24.0 Å². The number of nitrogens with one attached hydrogen (secondary N) is 2. The predicted molar refractivity (Wildman–Crippen MR) is 127 cm³/mol. The third kappa shape index (κ3) is 9.63. The molecular weight excluding hydrogens is 505 g/mol. The molecule has 0 bridgehead atoms. The van der Waals surface area contributed by atoms with Crippen LogP contribution in [0.15, 0.2) is 23.2 Å². The molecule has 0 spiro atoms. The smallest absolute Gasteiger partial charge is 0.387 e. The Morgan fingerprint density at radius 3 is 2.60 bits per heavy atom. The third-order valence-corrected chi connectivity index (χ3v) is 5.22. The summed E-state index contributed by atoms with van der Waals surface area (Å²) in [5.41, 5.74) is 0.576. The van der Waals surface area contributed by atoms with Crippen molar-refractivity contribution in [2.45, 2.75) is 45.8 Å². The highest BCUT2D eigenvalue weighted by atomic mass is 127. The first-order chi connectivity index (χ1) is 14.0. The van der Waals surface area contributed by atoms with Gasteiger partial charge >= 0.3 is 6.61 Å². The number of rotatable bonds is 10. The maximum atomic E-state index is 12.6. The number of piperidine rings is 1. The molecule has 1 aromatic rings. The lowest BCUT2D eigenvalue weighted by Crippen LogP contribution is -2.38. The zero-order valence-corrected chi connectivity index (χ0v) is 20.5. The maximum Gasteiger partial charge on any atom is 0.387 e. The van der Waals surface area contributed by atoms with Gasteiger partial charge in [-0.2, -0.15) is 8.78 Å². The third-order valence-electron chi connectivity index (χ3n) is 5.22. The van der Waals surface area contributed by atoms with Gasteiger partial charge in [-0.3, -0.25) is 4.99 Å². The maximum absolute atomic E-state index is 12.6. The van der Waals surface area contributed by atoms with E-state index >= 15 is 0 Å². The number of benzene rings is 1. The van der Waals surface area contributed by atoms with Gasteiger partial charge in [0, 0.05) is 25.7 Å². The van der Waals surface area contributed by atoms with Crippen molar-refractivity contribution in [1.29, 1.82) is 0 Å². The predicted octanol–water partition coefficient (Wildman–Crippen LogP) is 4.09. The van der Waals surface area contributed by atoms with Gasteiger partial charge in [-0.25, -0.2) is 0 Å². The molecule has 0 aromatic heterocycles. The fourth-order valence-corrected chi connectivity index (χ4v) is 3.38. The average Bonchev–Trinajstić information content (AvgIpc) is 2.71. The van der Waals surface area contributed by atoms with Crippen LogP contribution in [-0.2, 0) is 6.54 Å². The number of aliphatic imine (C=N–C) groups is 1. The van der Waals surface area contributed by atoms with Gasteiger partial charge in [0.05, 0.1) is 7.11 Å². The van der Waals surface area contributed by atoms with Gasteiger partial charge in [0.25, 0.3) is 0 Å². The largest absolute Gasteiger partial charge is 0.497 e. The van der Waals surface area contributed by atoms with Crippen LogP contribution in [0.2, 0.25) is 0 Å². The quantitative estimate of drug-likeness (QED) is 0.203. The van der Waals surface area contributed by atoms with Crippen LogP contribution in [0.4, 0.5) is 8.78 Å². The van der Waals surface area contributed by atoms with E-state index in [1.165, 1.54) is 39.1 Å². The van der Waals surface area contributed by atoms with Crippen molar-refractivity contribution in [1.82, 2.24) is 15.5 Å². The second-order valence-corrected chi connectivity index (χ2v) is 7.44. The van der Waals surface area contributed by atoms with Crippen molar-refractivity contribution in [3.8, 4) is 11.5 Å². The summed E-state index contributed by atoms with van der Waals surface area (Å²) in [6.07, 6.45) is 4.79. The van der Waals surface area contributed by atoms with Crippen molar-refractivity contribution in [3.63, 3.8) is 0 Å². The molecule has 6 nitrogen and oxygen atoms in total. The molecule has 0 amide bonds. The number of halogens is 3. The van der Waals surface area contributed by atoms with E-state index in [1.807, 2.05) is 0 Å². The number of unbranched alkanes of at least 4 members (excludes halogenated alkanes) is 1. The van der Waals surface area contributed by atoms with Gasteiger partial charge in [-0.05, 0) is 69.4 Å². The molecule has 2 rings (SSSR count). The summed E-state index contributed by atoms with van der Waals surface area (Å²) < 4.78 is 35.0. The number of ether oxygens (including phenoxy) is 2. The summed E-state index contributed by atoms with van der Waals surface area (Å²) in [7, 11) is 3.22. The highest BCUT2D eigenvalue weighted by Crippen LogP contribution is 2.25. The number of alkyl halides is 2. The van der Waals surface area contributed by atoms with Crippen molar-refractivity contribution < 1.29 is 18.3 Å². The fraction of sp³-hybridized carbons (Fsp3) is 0.667. The van der Waals surface area contributed by atoms with Crippen molar-refractivity contribution in [2.75, 3.05) is 40.3 Å². The van der Waals surface area contributed by atoms with Crippen molar-refractivity contribution >= 4 is 29.9 Å². The molecule has 2 N–H and O–H groups in total. The molecule has 30 heavy (non-hydrogen) atoms. The lowest BCUT2D eigenvalue weighted by atomic mass is 9.99. The Labute approximate surface area is 195 Å². The van der Waals surface area contributed by atoms with Gasteiger partial charge in [0.1, 0.15) is 11.5 Å². The van der Waals surface area contributed by atoms with E-state index in [-0.39, 0.29) is 29.7 Å². The lowest BCUT2D eigenvalue weighted by Gasteiger charge is -2.30. The summed E-state index contributed by atoms with van der Waals surface area (Å²) in [6, 6.07) is 4.76. The van der Waals surface area contributed by atoms with E-state index < -0.39 is 6.61 Å². The molecule has 1 heterocycles.